The summed E-state index contributed by atoms with van der Waals surface area (Å²) in [6.45, 7) is 15.3. The molecule has 9 heteroatoms. The molecule has 0 bridgehead atoms. The van der Waals surface area contributed by atoms with E-state index in [9.17, 15) is 27.9 Å². The Morgan fingerprint density at radius 3 is 2.19 bits per heavy atom. The van der Waals surface area contributed by atoms with Crippen LogP contribution in [0, 0.1) is 50.2 Å². The highest BCUT2D eigenvalue weighted by atomic mass is 32.2. The molecule has 8 nitrogen and oxygen atoms in total. The quantitative estimate of drug-likeness (QED) is 0.347. The molecule has 0 aromatic rings. The molecule has 5 rings (SSSR count). The molecule has 4 saturated carbocycles. The normalized spacial score (nSPS) is 46.4. The first-order chi connectivity index (χ1) is 19.2. The van der Waals surface area contributed by atoms with Gasteiger partial charge < -0.3 is 10.2 Å². The maximum Gasteiger partial charge on any atom is 0.309 e. The van der Waals surface area contributed by atoms with E-state index in [-0.39, 0.29) is 51.2 Å². The largest absolute Gasteiger partial charge is 0.481 e. The Balaban J connectivity index is 1.50. The van der Waals surface area contributed by atoms with Crippen LogP contribution in [0.5, 0.6) is 0 Å². The number of carboxylic acid groups (broad SMARTS) is 2. The molecule has 0 aromatic heterocycles. The Kier molecular flexibility index (Phi) is 7.26. The van der Waals surface area contributed by atoms with Crippen molar-refractivity contribution >= 4 is 27.7 Å². The van der Waals surface area contributed by atoms with E-state index < -0.39 is 45.0 Å². The first-order valence-corrected chi connectivity index (χ1v) is 17.5. The van der Waals surface area contributed by atoms with Crippen molar-refractivity contribution in [2.75, 3.05) is 5.75 Å². The number of carbonyl (C=O) groups is 3. The molecule has 5 aliphatic rings. The molecule has 0 spiro atoms. The van der Waals surface area contributed by atoms with Crippen LogP contribution >= 0.6 is 0 Å². The lowest BCUT2D eigenvalue weighted by molar-refractivity contribution is -0.188. The third-order valence-corrected chi connectivity index (χ3v) is 15.4. The molecule has 9 atom stereocenters. The summed E-state index contributed by atoms with van der Waals surface area (Å²) in [6.07, 6.45) is 8.70. The van der Waals surface area contributed by atoms with Crippen LogP contribution in [0.15, 0.2) is 11.6 Å². The van der Waals surface area contributed by atoms with Crippen LogP contribution in [0.4, 0.5) is 0 Å². The van der Waals surface area contributed by atoms with Crippen molar-refractivity contribution in [3.63, 3.8) is 0 Å². The third-order valence-electron chi connectivity index (χ3n) is 14.0. The number of ketones is 1. The molecule has 0 heterocycles. The number of rotatable bonds is 6. The van der Waals surface area contributed by atoms with Crippen molar-refractivity contribution in [3.8, 4) is 0 Å². The Morgan fingerprint density at radius 1 is 0.929 bits per heavy atom. The summed E-state index contributed by atoms with van der Waals surface area (Å²) in [5.74, 6) is -2.16. The molecule has 236 valence electrons. The second-order valence-electron chi connectivity index (χ2n) is 16.6. The van der Waals surface area contributed by atoms with Crippen molar-refractivity contribution < 1.29 is 33.0 Å². The summed E-state index contributed by atoms with van der Waals surface area (Å²) in [7, 11) is -3.76. The molecule has 0 unspecified atom stereocenters. The number of sulfonamides is 1. The van der Waals surface area contributed by atoms with Crippen LogP contribution in [0.25, 0.3) is 0 Å². The molecule has 0 saturated heterocycles. The third kappa shape index (κ3) is 4.45. The zero-order valence-electron chi connectivity index (χ0n) is 26.5. The zero-order chi connectivity index (χ0) is 31.3. The minimum absolute atomic E-state index is 0.00271. The van der Waals surface area contributed by atoms with Crippen LogP contribution < -0.4 is 4.72 Å². The van der Waals surface area contributed by atoms with Crippen molar-refractivity contribution in [2.45, 2.75) is 119 Å². The smallest absolute Gasteiger partial charge is 0.309 e. The van der Waals surface area contributed by atoms with Crippen molar-refractivity contribution in [1.82, 2.24) is 4.72 Å². The van der Waals surface area contributed by atoms with Gasteiger partial charge in [-0.2, -0.15) is 0 Å². The van der Waals surface area contributed by atoms with Crippen LogP contribution in [0.2, 0.25) is 0 Å². The van der Waals surface area contributed by atoms with Gasteiger partial charge in [-0.1, -0.05) is 47.1 Å². The summed E-state index contributed by atoms with van der Waals surface area (Å²) in [5, 5.41) is 19.1. The number of carbonyl (C=O) groups excluding carboxylic acids is 1. The van der Waals surface area contributed by atoms with E-state index in [1.807, 2.05) is 13.0 Å². The predicted molar refractivity (Wildman–Crippen MR) is 160 cm³/mol. The van der Waals surface area contributed by atoms with Crippen LogP contribution in [0.1, 0.15) is 113 Å². The summed E-state index contributed by atoms with van der Waals surface area (Å²) in [6, 6.07) is -0.328. The average molecular weight is 606 g/mol. The molecular weight excluding hydrogens is 554 g/mol. The number of fused-ring (bicyclic) bond motifs is 7. The highest BCUT2D eigenvalue weighted by molar-refractivity contribution is 7.89. The molecule has 5 aliphatic carbocycles. The standard InChI is InChI=1S/C33H51NO7S/c1-28(2)23-8-12-33(7)26(31(23,5)11-9-24(28)34-42(40,41)17-10-25(36)37)22(35)18-20-21-19-30(4,27(38)39)14-13-29(21,3)15-16-32(20,33)6/h18,21,23-24,26,34H,8-17,19H2,1-7H3,(H,36,37)(H,38,39)/t21-,23-,24-,26+,29+,30-,31-,32+,33+/m0/s1. The lowest BCUT2D eigenvalue weighted by atomic mass is 9.33. The van der Waals surface area contributed by atoms with Gasteiger partial charge in [0.2, 0.25) is 10.0 Å². The average Bonchev–Trinajstić information content (AvgIpc) is 2.87. The summed E-state index contributed by atoms with van der Waals surface area (Å²) in [4.78, 5) is 37.8. The highest BCUT2D eigenvalue weighted by Crippen LogP contribution is 2.75. The summed E-state index contributed by atoms with van der Waals surface area (Å²) < 4.78 is 28.5. The molecule has 0 radical (unpaired) electrons. The van der Waals surface area contributed by atoms with Gasteiger partial charge in [0.05, 0.1) is 17.6 Å². The molecule has 4 fully saturated rings. The molecule has 0 aliphatic heterocycles. The summed E-state index contributed by atoms with van der Waals surface area (Å²) in [5.41, 5.74) is -0.815. The van der Waals surface area contributed by atoms with Gasteiger partial charge in [-0.25, -0.2) is 13.1 Å². The van der Waals surface area contributed by atoms with Crippen LogP contribution in [-0.2, 0) is 24.4 Å². The Bertz CT molecular complexity index is 1340. The molecular formula is C33H51NO7S. The van der Waals surface area contributed by atoms with Crippen LogP contribution in [0.3, 0.4) is 0 Å². The fraction of sp³-hybridized carbons (Fsp3) is 0.848. The van der Waals surface area contributed by atoms with Gasteiger partial charge in [-0.3, -0.25) is 14.4 Å². The molecule has 42 heavy (non-hydrogen) atoms. The van der Waals surface area contributed by atoms with Crippen molar-refractivity contribution in [2.24, 2.45) is 50.2 Å². The topological polar surface area (TPSA) is 138 Å². The van der Waals surface area contributed by atoms with E-state index in [0.717, 1.165) is 38.5 Å². The Morgan fingerprint density at radius 2 is 1.57 bits per heavy atom. The number of aliphatic carboxylic acids is 2. The van der Waals surface area contributed by atoms with Gasteiger partial charge in [0.1, 0.15) is 0 Å². The van der Waals surface area contributed by atoms with Crippen molar-refractivity contribution in [1.29, 1.82) is 0 Å². The van der Waals surface area contributed by atoms with E-state index in [1.165, 1.54) is 5.57 Å². The van der Waals surface area contributed by atoms with Gasteiger partial charge in [0.15, 0.2) is 5.78 Å². The lowest BCUT2D eigenvalue weighted by Crippen LogP contribution is -2.67. The number of hydrogen-bond acceptors (Lipinski definition) is 5. The summed E-state index contributed by atoms with van der Waals surface area (Å²) >= 11 is 0. The van der Waals surface area contributed by atoms with Crippen molar-refractivity contribution in [3.05, 3.63) is 11.6 Å². The van der Waals surface area contributed by atoms with Crippen LogP contribution in [-0.4, -0.2) is 48.1 Å². The number of allylic oxidation sites excluding steroid dienone is 2. The van der Waals surface area contributed by atoms with Gasteiger partial charge >= 0.3 is 11.9 Å². The van der Waals surface area contributed by atoms with E-state index in [2.05, 4.69) is 46.3 Å². The fourth-order valence-corrected chi connectivity index (χ4v) is 12.5. The minimum atomic E-state index is -3.76. The zero-order valence-corrected chi connectivity index (χ0v) is 27.3. The number of carboxylic acids is 2. The second-order valence-corrected chi connectivity index (χ2v) is 18.4. The maximum atomic E-state index is 14.5. The second kappa shape index (κ2) is 9.63. The number of nitrogens with one attached hydrogen (secondary N) is 1. The monoisotopic (exact) mass is 605 g/mol. The first-order valence-electron chi connectivity index (χ1n) is 15.9. The van der Waals surface area contributed by atoms with E-state index >= 15 is 0 Å². The van der Waals surface area contributed by atoms with E-state index in [1.54, 1.807) is 0 Å². The van der Waals surface area contributed by atoms with E-state index in [0.29, 0.717) is 19.3 Å². The van der Waals surface area contributed by atoms with E-state index in [4.69, 9.17) is 5.11 Å². The predicted octanol–water partition coefficient (Wildman–Crippen LogP) is 5.81. The van der Waals surface area contributed by atoms with Gasteiger partial charge in [-0.05, 0) is 110 Å². The molecule has 3 N–H and O–H groups in total. The van der Waals surface area contributed by atoms with Gasteiger partial charge in [0, 0.05) is 12.0 Å². The Hall–Kier alpha value is -1.74. The number of hydrogen-bond donors (Lipinski definition) is 3. The highest BCUT2D eigenvalue weighted by Gasteiger charge is 2.70. The SMILES string of the molecule is CC1(C)[C@@H](NS(=O)(=O)CCC(=O)O)CC[C@]2(C)[C@H]3C(=O)C=C4[C@@H]5C[C@@](C)(C(=O)O)CC[C@]5(C)CC[C@@]4(C)[C@]3(C)CC[C@@H]12. The molecule has 0 aromatic carbocycles. The first kappa shape index (κ1) is 31.7. The maximum absolute atomic E-state index is 14.5. The van der Waals surface area contributed by atoms with Gasteiger partial charge in [-0.15, -0.1) is 0 Å². The Labute approximate surface area is 251 Å². The van der Waals surface area contributed by atoms with Gasteiger partial charge in [0.25, 0.3) is 0 Å². The fourth-order valence-electron chi connectivity index (χ4n) is 11.1. The lowest BCUT2D eigenvalue weighted by Gasteiger charge is -2.70. The molecule has 0 amide bonds. The minimum Gasteiger partial charge on any atom is -0.481 e.